The van der Waals surface area contributed by atoms with Gasteiger partial charge in [0.2, 0.25) is 0 Å². The maximum absolute atomic E-state index is 12.5. The van der Waals surface area contributed by atoms with Crippen molar-refractivity contribution in [3.8, 4) is 17.2 Å². The molecule has 0 N–H and O–H groups in total. The zero-order chi connectivity index (χ0) is 20.0. The highest BCUT2D eigenvalue weighted by atomic mass is 16.5. The lowest BCUT2D eigenvalue weighted by Crippen LogP contribution is -2.27. The van der Waals surface area contributed by atoms with Crippen molar-refractivity contribution in [3.05, 3.63) is 47.8 Å². The number of allylic oxidation sites excluding steroid dienone is 2. The first-order valence-corrected chi connectivity index (χ1v) is 7.87. The standard InChI is InChI=1S/C19H21NO7/c1-23-14-11-16(25-3)15(24-2)10-13(14)20-9-7-6-8-12(18(21)26-4)17(20)19(22)27-5/h6-11H,1-5H3. The Bertz CT molecular complexity index is 824. The van der Waals surface area contributed by atoms with Crippen molar-refractivity contribution in [2.45, 2.75) is 0 Å². The maximum atomic E-state index is 12.5. The van der Waals surface area contributed by atoms with Gasteiger partial charge in [-0.2, -0.15) is 0 Å². The molecule has 0 bridgehead atoms. The predicted octanol–water partition coefficient (Wildman–Crippen LogP) is 2.20. The quantitative estimate of drug-likeness (QED) is 0.700. The molecule has 0 fully saturated rings. The molecule has 27 heavy (non-hydrogen) atoms. The van der Waals surface area contributed by atoms with E-state index in [4.69, 9.17) is 23.7 Å². The molecule has 0 saturated heterocycles. The topological polar surface area (TPSA) is 83.5 Å². The van der Waals surface area contributed by atoms with Crippen LogP contribution in [0.25, 0.3) is 0 Å². The third-order valence-corrected chi connectivity index (χ3v) is 3.83. The Morgan fingerprint density at radius 2 is 1.37 bits per heavy atom. The van der Waals surface area contributed by atoms with Crippen molar-refractivity contribution < 1.29 is 33.3 Å². The first kappa shape index (κ1) is 19.9. The van der Waals surface area contributed by atoms with E-state index in [0.717, 1.165) is 0 Å². The summed E-state index contributed by atoms with van der Waals surface area (Å²) in [6.45, 7) is 0. The van der Waals surface area contributed by atoms with Gasteiger partial charge in [-0.1, -0.05) is 6.08 Å². The largest absolute Gasteiger partial charge is 0.494 e. The number of methoxy groups -OCH3 is 5. The summed E-state index contributed by atoms with van der Waals surface area (Å²) in [5.41, 5.74) is 0.447. The van der Waals surface area contributed by atoms with E-state index in [-0.39, 0.29) is 11.3 Å². The van der Waals surface area contributed by atoms with Gasteiger partial charge >= 0.3 is 11.9 Å². The van der Waals surface area contributed by atoms with E-state index in [0.29, 0.717) is 22.9 Å². The summed E-state index contributed by atoms with van der Waals surface area (Å²) in [6, 6.07) is 3.25. The average molecular weight is 375 g/mol. The fraction of sp³-hybridized carbons (Fsp3) is 0.263. The lowest BCUT2D eigenvalue weighted by molar-refractivity contribution is -0.139. The number of rotatable bonds is 6. The highest BCUT2D eigenvalue weighted by Crippen LogP contribution is 2.42. The molecule has 8 nitrogen and oxygen atoms in total. The minimum absolute atomic E-state index is 0.0279. The summed E-state index contributed by atoms with van der Waals surface area (Å²) < 4.78 is 25.8. The van der Waals surface area contributed by atoms with Crippen molar-refractivity contribution in [1.82, 2.24) is 0 Å². The summed E-state index contributed by atoms with van der Waals surface area (Å²) in [7, 11) is 6.93. The molecule has 1 aliphatic heterocycles. The van der Waals surface area contributed by atoms with E-state index in [1.807, 2.05) is 0 Å². The Morgan fingerprint density at radius 3 is 1.93 bits per heavy atom. The number of hydrogen-bond donors (Lipinski definition) is 0. The van der Waals surface area contributed by atoms with Crippen molar-refractivity contribution in [1.29, 1.82) is 0 Å². The van der Waals surface area contributed by atoms with Crippen molar-refractivity contribution >= 4 is 17.6 Å². The van der Waals surface area contributed by atoms with Crippen LogP contribution in [0, 0.1) is 0 Å². The predicted molar refractivity (Wildman–Crippen MR) is 97.9 cm³/mol. The molecule has 0 spiro atoms. The molecule has 0 aromatic heterocycles. The van der Waals surface area contributed by atoms with Crippen LogP contribution >= 0.6 is 0 Å². The second-order valence-electron chi connectivity index (χ2n) is 5.20. The van der Waals surface area contributed by atoms with Crippen molar-refractivity contribution in [3.63, 3.8) is 0 Å². The first-order chi connectivity index (χ1) is 13.0. The zero-order valence-electron chi connectivity index (χ0n) is 15.8. The van der Waals surface area contributed by atoms with Crippen molar-refractivity contribution in [2.24, 2.45) is 0 Å². The number of carbonyl (C=O) groups is 2. The highest BCUT2D eigenvalue weighted by molar-refractivity contribution is 6.05. The van der Waals surface area contributed by atoms with E-state index in [1.54, 1.807) is 30.5 Å². The second kappa shape index (κ2) is 8.79. The average Bonchev–Trinajstić information content (AvgIpc) is 2.94. The molecule has 144 valence electrons. The van der Waals surface area contributed by atoms with Crippen LogP contribution in [0.3, 0.4) is 0 Å². The molecule has 1 heterocycles. The van der Waals surface area contributed by atoms with Crippen molar-refractivity contribution in [2.75, 3.05) is 40.4 Å². The Hall–Kier alpha value is -3.42. The van der Waals surface area contributed by atoms with Crippen LogP contribution in [0.2, 0.25) is 0 Å². The first-order valence-electron chi connectivity index (χ1n) is 7.87. The molecule has 2 rings (SSSR count). The lowest BCUT2D eigenvalue weighted by Gasteiger charge is -2.25. The zero-order valence-corrected chi connectivity index (χ0v) is 15.8. The molecule has 1 aliphatic rings. The fourth-order valence-corrected chi connectivity index (χ4v) is 2.55. The molecule has 0 atom stereocenters. The van der Waals surface area contributed by atoms with Gasteiger partial charge in [0.1, 0.15) is 11.4 Å². The molecule has 0 saturated carbocycles. The molecular formula is C19H21NO7. The number of hydrogen-bond acceptors (Lipinski definition) is 8. The molecule has 8 heteroatoms. The summed E-state index contributed by atoms with van der Waals surface area (Å²) >= 11 is 0. The van der Waals surface area contributed by atoms with Crippen LogP contribution in [-0.2, 0) is 19.1 Å². The Labute approximate surface area is 157 Å². The number of nitrogens with zero attached hydrogens (tertiary/aromatic N) is 1. The molecule has 0 unspecified atom stereocenters. The van der Waals surface area contributed by atoms with E-state index in [9.17, 15) is 9.59 Å². The molecule has 1 aromatic rings. The minimum Gasteiger partial charge on any atom is -0.494 e. The van der Waals surface area contributed by atoms with Crippen LogP contribution in [-0.4, -0.2) is 47.5 Å². The van der Waals surface area contributed by atoms with Gasteiger partial charge in [0.15, 0.2) is 11.5 Å². The monoisotopic (exact) mass is 375 g/mol. The fourth-order valence-electron chi connectivity index (χ4n) is 2.55. The van der Waals surface area contributed by atoms with Crippen LogP contribution in [0.1, 0.15) is 0 Å². The van der Waals surface area contributed by atoms with Gasteiger partial charge in [0, 0.05) is 18.3 Å². The second-order valence-corrected chi connectivity index (χ2v) is 5.20. The summed E-state index contributed by atoms with van der Waals surface area (Å²) in [5.74, 6) is -0.136. The Kier molecular flexibility index (Phi) is 6.48. The van der Waals surface area contributed by atoms with Gasteiger partial charge in [-0.05, 0) is 12.2 Å². The smallest absolute Gasteiger partial charge is 0.355 e. The van der Waals surface area contributed by atoms with Gasteiger partial charge in [-0.25, -0.2) is 9.59 Å². The van der Waals surface area contributed by atoms with Gasteiger partial charge in [0.25, 0.3) is 0 Å². The number of benzene rings is 1. The Balaban J connectivity index is 2.77. The SMILES string of the molecule is COC(=O)C1=C(C(=O)OC)N(c2cc(OC)c(OC)cc2OC)C=CC=C1. The summed E-state index contributed by atoms with van der Waals surface area (Å²) in [4.78, 5) is 26.2. The minimum atomic E-state index is -0.719. The van der Waals surface area contributed by atoms with E-state index >= 15 is 0 Å². The van der Waals surface area contributed by atoms with Crippen LogP contribution in [0.5, 0.6) is 17.2 Å². The number of esters is 2. The molecular weight excluding hydrogens is 354 g/mol. The molecule has 1 aromatic carbocycles. The number of anilines is 1. The summed E-state index contributed by atoms with van der Waals surface area (Å²) in [6.07, 6.45) is 6.35. The highest BCUT2D eigenvalue weighted by Gasteiger charge is 2.29. The van der Waals surface area contributed by atoms with E-state index in [2.05, 4.69) is 0 Å². The van der Waals surface area contributed by atoms with Gasteiger partial charge in [-0.3, -0.25) is 0 Å². The normalized spacial score (nSPS) is 13.1. The van der Waals surface area contributed by atoms with Gasteiger partial charge < -0.3 is 28.6 Å². The molecule has 0 radical (unpaired) electrons. The maximum Gasteiger partial charge on any atom is 0.355 e. The number of carbonyl (C=O) groups excluding carboxylic acids is 2. The third-order valence-electron chi connectivity index (χ3n) is 3.83. The van der Waals surface area contributed by atoms with Crippen LogP contribution < -0.4 is 19.1 Å². The van der Waals surface area contributed by atoms with E-state index in [1.165, 1.54) is 46.5 Å². The van der Waals surface area contributed by atoms with Gasteiger partial charge in [-0.15, -0.1) is 0 Å². The van der Waals surface area contributed by atoms with E-state index < -0.39 is 11.9 Å². The van der Waals surface area contributed by atoms with Crippen LogP contribution in [0.15, 0.2) is 47.8 Å². The van der Waals surface area contributed by atoms with Crippen LogP contribution in [0.4, 0.5) is 5.69 Å². The summed E-state index contributed by atoms with van der Waals surface area (Å²) in [5, 5.41) is 0. The Morgan fingerprint density at radius 1 is 0.778 bits per heavy atom. The third kappa shape index (κ3) is 3.89. The van der Waals surface area contributed by atoms with Gasteiger partial charge in [0.05, 0.1) is 46.8 Å². The number of ether oxygens (including phenoxy) is 5. The molecule has 0 aliphatic carbocycles. The lowest BCUT2D eigenvalue weighted by atomic mass is 10.1. The molecule has 0 amide bonds.